The molecule has 0 atom stereocenters. The van der Waals surface area contributed by atoms with Gasteiger partial charge in [-0.05, 0) is 24.6 Å². The summed E-state index contributed by atoms with van der Waals surface area (Å²) in [7, 11) is 1.53. The fourth-order valence-corrected chi connectivity index (χ4v) is 1.54. The van der Waals surface area contributed by atoms with Crippen LogP contribution in [0.25, 0.3) is 0 Å². The molecule has 0 radical (unpaired) electrons. The lowest BCUT2D eigenvalue weighted by Crippen LogP contribution is -2.00. The van der Waals surface area contributed by atoms with Crippen LogP contribution in [-0.4, -0.2) is 22.2 Å². The summed E-state index contributed by atoms with van der Waals surface area (Å²) in [6, 6.07) is 5.16. The zero-order chi connectivity index (χ0) is 13.8. The van der Waals surface area contributed by atoms with Crippen molar-refractivity contribution in [2.75, 3.05) is 12.8 Å². The van der Waals surface area contributed by atoms with E-state index in [1.807, 2.05) is 6.92 Å². The predicted octanol–water partition coefficient (Wildman–Crippen LogP) is 1.66. The van der Waals surface area contributed by atoms with Crippen LogP contribution in [-0.2, 0) is 6.61 Å². The minimum absolute atomic E-state index is 0.0594. The fraction of sp³-hybridized carbons (Fsp3) is 0.231. The Hall–Kier alpha value is -2.34. The van der Waals surface area contributed by atoms with Gasteiger partial charge in [-0.25, -0.2) is 4.98 Å². The van der Waals surface area contributed by atoms with E-state index in [0.29, 0.717) is 17.4 Å². The zero-order valence-electron chi connectivity index (χ0n) is 10.8. The van der Waals surface area contributed by atoms with Crippen molar-refractivity contribution in [3.63, 3.8) is 0 Å². The number of nitrogen functional groups attached to an aromatic ring is 1. The predicted molar refractivity (Wildman–Crippen MR) is 70.2 cm³/mol. The molecule has 6 nitrogen and oxygen atoms in total. The average Bonchev–Trinajstić information content (AvgIpc) is 2.43. The number of hydrogen-bond donors (Lipinski definition) is 2. The molecule has 0 amide bonds. The SMILES string of the molecule is COc1cc(CO)ccc1Oc1nc(N)ncc1C. The number of nitrogens with two attached hydrogens (primary N) is 1. The molecule has 0 unspecified atom stereocenters. The Kier molecular flexibility index (Phi) is 3.82. The van der Waals surface area contributed by atoms with E-state index in [0.717, 1.165) is 11.1 Å². The van der Waals surface area contributed by atoms with Crippen molar-refractivity contribution < 1.29 is 14.6 Å². The average molecular weight is 261 g/mol. The van der Waals surface area contributed by atoms with Crippen molar-refractivity contribution in [1.82, 2.24) is 9.97 Å². The first-order valence-electron chi connectivity index (χ1n) is 5.68. The van der Waals surface area contributed by atoms with Crippen molar-refractivity contribution in [3.8, 4) is 17.4 Å². The molecule has 1 heterocycles. The number of aliphatic hydroxyl groups is 1. The highest BCUT2D eigenvalue weighted by molar-refractivity contribution is 5.45. The molecule has 2 aromatic rings. The van der Waals surface area contributed by atoms with Crippen molar-refractivity contribution in [1.29, 1.82) is 0 Å². The lowest BCUT2D eigenvalue weighted by atomic mass is 10.2. The molecule has 0 aliphatic carbocycles. The van der Waals surface area contributed by atoms with Gasteiger partial charge in [-0.2, -0.15) is 4.98 Å². The molecule has 2 rings (SSSR count). The Morgan fingerprint density at radius 3 is 2.79 bits per heavy atom. The van der Waals surface area contributed by atoms with Crippen LogP contribution in [0.3, 0.4) is 0 Å². The number of aromatic nitrogens is 2. The third kappa shape index (κ3) is 2.92. The minimum atomic E-state index is -0.0594. The summed E-state index contributed by atoms with van der Waals surface area (Å²) in [5, 5.41) is 9.09. The summed E-state index contributed by atoms with van der Waals surface area (Å²) < 4.78 is 10.9. The van der Waals surface area contributed by atoms with Crippen LogP contribution in [0.15, 0.2) is 24.4 Å². The minimum Gasteiger partial charge on any atom is -0.493 e. The van der Waals surface area contributed by atoms with Gasteiger partial charge in [-0.1, -0.05) is 6.07 Å². The molecule has 0 saturated heterocycles. The number of aliphatic hydroxyl groups excluding tert-OH is 1. The molecular formula is C13H15N3O3. The number of rotatable bonds is 4. The Morgan fingerprint density at radius 2 is 2.11 bits per heavy atom. The lowest BCUT2D eigenvalue weighted by molar-refractivity contribution is 0.280. The summed E-state index contributed by atoms with van der Waals surface area (Å²) >= 11 is 0. The summed E-state index contributed by atoms with van der Waals surface area (Å²) in [6.07, 6.45) is 1.59. The third-order valence-electron chi connectivity index (χ3n) is 2.56. The molecule has 0 spiro atoms. The van der Waals surface area contributed by atoms with Gasteiger partial charge in [0.1, 0.15) is 0 Å². The lowest BCUT2D eigenvalue weighted by Gasteiger charge is -2.12. The van der Waals surface area contributed by atoms with Crippen LogP contribution in [0.2, 0.25) is 0 Å². The summed E-state index contributed by atoms with van der Waals surface area (Å²) in [5.74, 6) is 1.54. The Morgan fingerprint density at radius 1 is 1.32 bits per heavy atom. The van der Waals surface area contributed by atoms with Gasteiger partial charge in [0.05, 0.1) is 13.7 Å². The van der Waals surface area contributed by atoms with E-state index < -0.39 is 0 Å². The summed E-state index contributed by atoms with van der Waals surface area (Å²) in [5.41, 5.74) is 7.04. The molecular weight excluding hydrogens is 246 g/mol. The van der Waals surface area contributed by atoms with Gasteiger partial charge >= 0.3 is 0 Å². The molecule has 1 aromatic heterocycles. The van der Waals surface area contributed by atoms with E-state index in [2.05, 4.69) is 9.97 Å². The van der Waals surface area contributed by atoms with Gasteiger partial charge in [-0.3, -0.25) is 0 Å². The van der Waals surface area contributed by atoms with Crippen molar-refractivity contribution in [3.05, 3.63) is 35.5 Å². The monoisotopic (exact) mass is 261 g/mol. The highest BCUT2D eigenvalue weighted by atomic mass is 16.5. The standard InChI is InChI=1S/C13H15N3O3/c1-8-6-15-13(14)16-12(8)19-10-4-3-9(7-17)5-11(10)18-2/h3-6,17H,7H2,1-2H3,(H2,14,15,16). The van der Waals surface area contributed by atoms with Crippen LogP contribution in [0, 0.1) is 6.92 Å². The summed E-state index contributed by atoms with van der Waals surface area (Å²) in [4.78, 5) is 7.90. The maximum atomic E-state index is 9.09. The molecule has 19 heavy (non-hydrogen) atoms. The summed E-state index contributed by atoms with van der Waals surface area (Å²) in [6.45, 7) is 1.76. The van der Waals surface area contributed by atoms with E-state index in [1.165, 1.54) is 7.11 Å². The van der Waals surface area contributed by atoms with Crippen LogP contribution in [0.5, 0.6) is 17.4 Å². The van der Waals surface area contributed by atoms with Crippen LogP contribution in [0.4, 0.5) is 5.95 Å². The first kappa shape index (κ1) is 13.1. The highest BCUT2D eigenvalue weighted by Crippen LogP contribution is 2.32. The largest absolute Gasteiger partial charge is 0.493 e. The van der Waals surface area contributed by atoms with E-state index >= 15 is 0 Å². The second-order valence-electron chi connectivity index (χ2n) is 3.96. The van der Waals surface area contributed by atoms with Crippen molar-refractivity contribution in [2.45, 2.75) is 13.5 Å². The molecule has 0 bridgehead atoms. The quantitative estimate of drug-likeness (QED) is 0.869. The maximum absolute atomic E-state index is 9.09. The molecule has 0 fully saturated rings. The first-order valence-corrected chi connectivity index (χ1v) is 5.68. The number of methoxy groups -OCH3 is 1. The molecule has 100 valence electrons. The molecule has 0 aliphatic rings. The second kappa shape index (κ2) is 5.53. The van der Waals surface area contributed by atoms with E-state index in [9.17, 15) is 0 Å². The van der Waals surface area contributed by atoms with Crippen molar-refractivity contribution >= 4 is 5.95 Å². The number of anilines is 1. The Balaban J connectivity index is 2.35. The zero-order valence-corrected chi connectivity index (χ0v) is 10.8. The Bertz CT molecular complexity index is 587. The van der Waals surface area contributed by atoms with Crippen LogP contribution < -0.4 is 15.2 Å². The molecule has 6 heteroatoms. The smallest absolute Gasteiger partial charge is 0.227 e. The van der Waals surface area contributed by atoms with Crippen LogP contribution in [0.1, 0.15) is 11.1 Å². The second-order valence-corrected chi connectivity index (χ2v) is 3.96. The molecule has 1 aromatic carbocycles. The van der Waals surface area contributed by atoms with Gasteiger partial charge in [0.25, 0.3) is 0 Å². The first-order chi connectivity index (χ1) is 9.13. The fourth-order valence-electron chi connectivity index (χ4n) is 1.54. The number of ether oxygens (including phenoxy) is 2. The van der Waals surface area contributed by atoms with E-state index in [1.54, 1.807) is 24.4 Å². The van der Waals surface area contributed by atoms with E-state index in [-0.39, 0.29) is 12.6 Å². The number of nitrogens with zero attached hydrogens (tertiary/aromatic N) is 2. The van der Waals surface area contributed by atoms with E-state index in [4.69, 9.17) is 20.3 Å². The van der Waals surface area contributed by atoms with Gasteiger partial charge in [0.2, 0.25) is 11.8 Å². The highest BCUT2D eigenvalue weighted by Gasteiger charge is 2.10. The van der Waals surface area contributed by atoms with Gasteiger partial charge in [-0.15, -0.1) is 0 Å². The number of benzene rings is 1. The van der Waals surface area contributed by atoms with Gasteiger partial charge in [0.15, 0.2) is 11.5 Å². The topological polar surface area (TPSA) is 90.5 Å². The third-order valence-corrected chi connectivity index (χ3v) is 2.56. The van der Waals surface area contributed by atoms with Crippen LogP contribution >= 0.6 is 0 Å². The molecule has 3 N–H and O–H groups in total. The Labute approximate surface area is 110 Å². The van der Waals surface area contributed by atoms with Gasteiger partial charge in [0, 0.05) is 11.8 Å². The molecule has 0 aliphatic heterocycles. The molecule has 0 saturated carbocycles. The number of hydrogen-bond acceptors (Lipinski definition) is 6. The van der Waals surface area contributed by atoms with Crippen molar-refractivity contribution in [2.24, 2.45) is 0 Å². The maximum Gasteiger partial charge on any atom is 0.227 e. The normalized spacial score (nSPS) is 10.3. The van der Waals surface area contributed by atoms with Gasteiger partial charge < -0.3 is 20.3 Å². The number of aryl methyl sites for hydroxylation is 1.